The Labute approximate surface area is 107 Å². The van der Waals surface area contributed by atoms with E-state index in [9.17, 15) is 9.59 Å². The molecule has 0 aliphatic heterocycles. The molecule has 98 valence electrons. The van der Waals surface area contributed by atoms with Crippen molar-refractivity contribution in [1.29, 1.82) is 0 Å². The molecule has 0 aliphatic carbocycles. The number of hydrogen-bond acceptors (Lipinski definition) is 4. The second-order valence-corrected chi connectivity index (χ2v) is 4.70. The Hall–Kier alpha value is -1.84. The Bertz CT molecular complexity index is 440. The average molecular weight is 249 g/mol. The Morgan fingerprint density at radius 3 is 2.39 bits per heavy atom. The first kappa shape index (κ1) is 14.2. The molecule has 1 atom stereocenters. The number of esters is 1. The summed E-state index contributed by atoms with van der Waals surface area (Å²) in [5.74, 6) is -0.383. The van der Waals surface area contributed by atoms with Crippen molar-refractivity contribution < 1.29 is 14.3 Å². The molecule has 0 spiro atoms. The summed E-state index contributed by atoms with van der Waals surface area (Å²) in [4.78, 5) is 23.5. The van der Waals surface area contributed by atoms with Gasteiger partial charge in [0.2, 0.25) is 0 Å². The lowest BCUT2D eigenvalue weighted by Crippen LogP contribution is -2.25. The van der Waals surface area contributed by atoms with Crippen molar-refractivity contribution in [3.05, 3.63) is 29.8 Å². The number of para-hydroxylation sites is 1. The standard InChI is InChI=1S/C14H19NO3/c1-9(2)8-13(16)10(3)18-14(17)11-6-4-5-7-12(11)15/h4-7,9-10H,8,15H2,1-3H3/t10-/m0/s1. The molecule has 0 heterocycles. The van der Waals surface area contributed by atoms with Crippen molar-refractivity contribution in [2.45, 2.75) is 33.3 Å². The monoisotopic (exact) mass is 249 g/mol. The molecule has 4 nitrogen and oxygen atoms in total. The SMILES string of the molecule is CC(C)CC(=O)[C@H](C)OC(=O)c1ccccc1N. The third-order valence-corrected chi connectivity index (χ3v) is 2.53. The van der Waals surface area contributed by atoms with Gasteiger partial charge in [0.15, 0.2) is 11.9 Å². The van der Waals surface area contributed by atoms with Crippen molar-refractivity contribution in [3.8, 4) is 0 Å². The number of hydrogen-bond donors (Lipinski definition) is 1. The highest BCUT2D eigenvalue weighted by molar-refractivity contribution is 5.96. The summed E-state index contributed by atoms with van der Waals surface area (Å²) >= 11 is 0. The zero-order chi connectivity index (χ0) is 13.7. The zero-order valence-corrected chi connectivity index (χ0v) is 11.0. The molecule has 0 unspecified atom stereocenters. The number of nitrogens with two attached hydrogens (primary N) is 1. The van der Waals surface area contributed by atoms with Gasteiger partial charge < -0.3 is 10.5 Å². The third-order valence-electron chi connectivity index (χ3n) is 2.53. The van der Waals surface area contributed by atoms with E-state index in [-0.39, 0.29) is 11.7 Å². The number of rotatable bonds is 5. The lowest BCUT2D eigenvalue weighted by molar-refractivity contribution is -0.127. The minimum Gasteiger partial charge on any atom is -0.451 e. The summed E-state index contributed by atoms with van der Waals surface area (Å²) < 4.78 is 5.11. The van der Waals surface area contributed by atoms with Gasteiger partial charge in [-0.3, -0.25) is 4.79 Å². The molecule has 0 saturated heterocycles. The van der Waals surface area contributed by atoms with Gasteiger partial charge in [0.25, 0.3) is 0 Å². The molecule has 0 bridgehead atoms. The van der Waals surface area contributed by atoms with Crippen LogP contribution in [0.3, 0.4) is 0 Å². The molecular weight excluding hydrogens is 230 g/mol. The van der Waals surface area contributed by atoms with Gasteiger partial charge in [-0.2, -0.15) is 0 Å². The largest absolute Gasteiger partial charge is 0.451 e. The molecule has 2 N–H and O–H groups in total. The lowest BCUT2D eigenvalue weighted by atomic mass is 10.0. The maximum absolute atomic E-state index is 11.8. The fraction of sp³-hybridized carbons (Fsp3) is 0.429. The minimum absolute atomic E-state index is 0.0761. The maximum atomic E-state index is 11.8. The summed E-state index contributed by atoms with van der Waals surface area (Å²) in [7, 11) is 0. The van der Waals surface area contributed by atoms with E-state index in [1.807, 2.05) is 13.8 Å². The van der Waals surface area contributed by atoms with Crippen LogP contribution in [0.15, 0.2) is 24.3 Å². The first-order chi connectivity index (χ1) is 8.41. The maximum Gasteiger partial charge on any atom is 0.340 e. The highest BCUT2D eigenvalue weighted by Gasteiger charge is 2.20. The van der Waals surface area contributed by atoms with Crippen LogP contribution in [-0.2, 0) is 9.53 Å². The van der Waals surface area contributed by atoms with E-state index in [4.69, 9.17) is 10.5 Å². The van der Waals surface area contributed by atoms with Crippen molar-refractivity contribution in [3.63, 3.8) is 0 Å². The minimum atomic E-state index is -0.737. The molecule has 1 aromatic rings. The number of anilines is 1. The Morgan fingerprint density at radius 2 is 1.83 bits per heavy atom. The number of nitrogen functional groups attached to an aromatic ring is 1. The molecule has 18 heavy (non-hydrogen) atoms. The first-order valence-corrected chi connectivity index (χ1v) is 6.00. The van der Waals surface area contributed by atoms with Crippen LogP contribution in [0.1, 0.15) is 37.6 Å². The van der Waals surface area contributed by atoms with Crippen molar-refractivity contribution >= 4 is 17.4 Å². The number of carbonyl (C=O) groups excluding carboxylic acids is 2. The number of ether oxygens (including phenoxy) is 1. The van der Waals surface area contributed by atoms with Crippen LogP contribution in [-0.4, -0.2) is 17.9 Å². The molecule has 0 radical (unpaired) electrons. The predicted molar refractivity (Wildman–Crippen MR) is 70.2 cm³/mol. The number of carbonyl (C=O) groups is 2. The highest BCUT2D eigenvalue weighted by atomic mass is 16.5. The fourth-order valence-corrected chi connectivity index (χ4v) is 1.54. The van der Waals surface area contributed by atoms with Crippen LogP contribution >= 0.6 is 0 Å². The summed E-state index contributed by atoms with van der Waals surface area (Å²) in [5.41, 5.74) is 6.31. The van der Waals surface area contributed by atoms with Gasteiger partial charge in [0.05, 0.1) is 5.56 Å². The molecule has 0 saturated carbocycles. The Balaban J connectivity index is 2.65. The van der Waals surface area contributed by atoms with Crippen molar-refractivity contribution in [2.24, 2.45) is 5.92 Å². The molecule has 0 aliphatic rings. The van der Waals surface area contributed by atoms with Crippen molar-refractivity contribution in [2.75, 3.05) is 5.73 Å². The second-order valence-electron chi connectivity index (χ2n) is 4.70. The van der Waals surface area contributed by atoms with Gasteiger partial charge in [-0.25, -0.2) is 4.79 Å². The molecule has 1 aromatic carbocycles. The molecular formula is C14H19NO3. The van der Waals surface area contributed by atoms with Crippen molar-refractivity contribution in [1.82, 2.24) is 0 Å². The normalized spacial score (nSPS) is 12.2. The van der Waals surface area contributed by atoms with Gasteiger partial charge in [0, 0.05) is 12.1 Å². The first-order valence-electron chi connectivity index (χ1n) is 6.00. The molecule has 0 fully saturated rings. The van der Waals surface area contributed by atoms with Gasteiger partial charge in [0.1, 0.15) is 0 Å². The third kappa shape index (κ3) is 3.87. The van der Waals surface area contributed by atoms with Gasteiger partial charge in [-0.1, -0.05) is 26.0 Å². The smallest absolute Gasteiger partial charge is 0.340 e. The van der Waals surface area contributed by atoms with E-state index in [0.717, 1.165) is 0 Å². The molecule has 0 aromatic heterocycles. The lowest BCUT2D eigenvalue weighted by Gasteiger charge is -2.14. The van der Waals surface area contributed by atoms with Crippen LogP contribution in [0.25, 0.3) is 0 Å². The number of ketones is 1. The Kier molecular flexibility index (Phi) is 4.89. The molecule has 0 amide bonds. The second kappa shape index (κ2) is 6.19. The van der Waals surface area contributed by atoms with Gasteiger partial charge in [-0.05, 0) is 25.0 Å². The quantitative estimate of drug-likeness (QED) is 0.642. The highest BCUT2D eigenvalue weighted by Crippen LogP contribution is 2.14. The van der Waals surface area contributed by atoms with E-state index in [2.05, 4.69) is 0 Å². The van der Waals surface area contributed by atoms with Crippen LogP contribution in [0.2, 0.25) is 0 Å². The van der Waals surface area contributed by atoms with E-state index in [0.29, 0.717) is 17.7 Å². The van der Waals surface area contributed by atoms with Gasteiger partial charge in [-0.15, -0.1) is 0 Å². The van der Waals surface area contributed by atoms with Crippen LogP contribution < -0.4 is 5.73 Å². The summed E-state index contributed by atoms with van der Waals surface area (Å²) in [5, 5.41) is 0. The topological polar surface area (TPSA) is 69.4 Å². The summed E-state index contributed by atoms with van der Waals surface area (Å²) in [6, 6.07) is 6.64. The Morgan fingerprint density at radius 1 is 1.22 bits per heavy atom. The van der Waals surface area contributed by atoms with Gasteiger partial charge >= 0.3 is 5.97 Å². The summed E-state index contributed by atoms with van der Waals surface area (Å²) in [6.45, 7) is 5.48. The number of Topliss-reactive ketones (excluding diaryl/α,β-unsaturated/α-hetero) is 1. The van der Waals surface area contributed by atoms with E-state index in [1.54, 1.807) is 31.2 Å². The fourth-order valence-electron chi connectivity index (χ4n) is 1.54. The molecule has 1 rings (SSSR count). The number of benzene rings is 1. The average Bonchev–Trinajstić information content (AvgIpc) is 2.28. The summed E-state index contributed by atoms with van der Waals surface area (Å²) in [6.07, 6.45) is -0.335. The molecule has 4 heteroatoms. The van der Waals surface area contributed by atoms with E-state index < -0.39 is 12.1 Å². The van der Waals surface area contributed by atoms with E-state index >= 15 is 0 Å². The van der Waals surface area contributed by atoms with Crippen LogP contribution in [0.4, 0.5) is 5.69 Å². The van der Waals surface area contributed by atoms with Crippen LogP contribution in [0.5, 0.6) is 0 Å². The predicted octanol–water partition coefficient (Wildman–Crippen LogP) is 2.43. The zero-order valence-electron chi connectivity index (χ0n) is 11.0. The van der Waals surface area contributed by atoms with E-state index in [1.165, 1.54) is 0 Å². The van der Waals surface area contributed by atoms with Crippen LogP contribution in [0, 0.1) is 5.92 Å².